The summed E-state index contributed by atoms with van der Waals surface area (Å²) in [5.41, 5.74) is 0.488. The maximum atomic E-state index is 8.50. The van der Waals surface area contributed by atoms with Crippen LogP contribution in [0.1, 0.15) is 5.69 Å². The van der Waals surface area contributed by atoms with Crippen molar-refractivity contribution in [2.75, 3.05) is 0 Å². The number of aromatic amines is 1. The van der Waals surface area contributed by atoms with Gasteiger partial charge in [-0.05, 0) is 6.07 Å². The van der Waals surface area contributed by atoms with Crippen LogP contribution in [-0.2, 0) is 0 Å². The van der Waals surface area contributed by atoms with E-state index in [1.54, 1.807) is 0 Å². The van der Waals surface area contributed by atoms with Gasteiger partial charge >= 0.3 is 0 Å². The maximum Gasteiger partial charge on any atom is 0.162 e. The highest BCUT2D eigenvalue weighted by molar-refractivity contribution is 6.88. The van der Waals surface area contributed by atoms with Gasteiger partial charge in [-0.3, -0.25) is 5.10 Å². The van der Waals surface area contributed by atoms with E-state index in [1.807, 2.05) is 12.1 Å². The molecule has 1 heterocycles. The summed E-state index contributed by atoms with van der Waals surface area (Å²) in [6.45, 7) is 6.63. The Morgan fingerprint density at radius 3 is 2.45 bits per heavy atom. The Morgan fingerprint density at radius 1 is 1.55 bits per heavy atom. The highest BCUT2D eigenvalue weighted by Crippen LogP contribution is 2.00. The zero-order chi connectivity index (χ0) is 8.48. The minimum absolute atomic E-state index is 0.488. The van der Waals surface area contributed by atoms with Crippen molar-refractivity contribution >= 4 is 13.4 Å². The first-order chi connectivity index (χ1) is 5.04. The molecule has 0 atom stereocenters. The van der Waals surface area contributed by atoms with E-state index < -0.39 is 8.07 Å². The molecule has 0 aliphatic rings. The molecule has 0 saturated heterocycles. The van der Waals surface area contributed by atoms with Crippen molar-refractivity contribution in [1.29, 1.82) is 5.26 Å². The Labute approximate surface area is 67.1 Å². The molecule has 0 aromatic carbocycles. The van der Waals surface area contributed by atoms with Gasteiger partial charge in [-0.15, -0.1) is 0 Å². The number of hydrogen-bond acceptors (Lipinski definition) is 2. The molecule has 4 heteroatoms. The highest BCUT2D eigenvalue weighted by atomic mass is 28.3. The average Bonchev–Trinajstić information content (AvgIpc) is 2.32. The second-order valence-electron chi connectivity index (χ2n) is 3.53. The van der Waals surface area contributed by atoms with Gasteiger partial charge in [0.05, 0.1) is 0 Å². The summed E-state index contributed by atoms with van der Waals surface area (Å²) in [4.78, 5) is 0. The molecule has 0 saturated carbocycles. The van der Waals surface area contributed by atoms with Crippen LogP contribution >= 0.6 is 0 Å². The monoisotopic (exact) mass is 165 g/mol. The first kappa shape index (κ1) is 8.02. The lowest BCUT2D eigenvalue weighted by Crippen LogP contribution is -2.38. The number of aromatic nitrogens is 2. The van der Waals surface area contributed by atoms with Crippen molar-refractivity contribution in [3.8, 4) is 6.07 Å². The molecule has 1 rings (SSSR count). The molecule has 0 bridgehead atoms. The Morgan fingerprint density at radius 2 is 2.18 bits per heavy atom. The lowest BCUT2D eigenvalue weighted by Gasteiger charge is -2.11. The fraction of sp³-hybridized carbons (Fsp3) is 0.429. The molecule has 0 unspecified atom stereocenters. The third-order valence-electron chi connectivity index (χ3n) is 1.50. The predicted molar refractivity (Wildman–Crippen MR) is 46.3 cm³/mol. The second kappa shape index (κ2) is 2.51. The summed E-state index contributed by atoms with van der Waals surface area (Å²) in [6.07, 6.45) is 0. The summed E-state index contributed by atoms with van der Waals surface area (Å²) in [5.74, 6) is 0. The highest BCUT2D eigenvalue weighted by Gasteiger charge is 2.18. The summed E-state index contributed by atoms with van der Waals surface area (Å²) in [5, 5.41) is 16.4. The molecule has 0 amide bonds. The Balaban J connectivity index is 3.01. The SMILES string of the molecule is C[Si](C)(C)c1cc(C#N)n[nH]1. The minimum Gasteiger partial charge on any atom is -0.286 e. The summed E-state index contributed by atoms with van der Waals surface area (Å²) in [6, 6.07) is 3.84. The minimum atomic E-state index is -1.30. The molecule has 0 aliphatic carbocycles. The fourth-order valence-corrected chi connectivity index (χ4v) is 1.72. The van der Waals surface area contributed by atoms with Crippen molar-refractivity contribution in [3.63, 3.8) is 0 Å². The molecule has 0 radical (unpaired) electrons. The van der Waals surface area contributed by atoms with Gasteiger partial charge in [-0.2, -0.15) is 10.4 Å². The lowest BCUT2D eigenvalue weighted by atomic mass is 10.5. The van der Waals surface area contributed by atoms with E-state index in [0.717, 1.165) is 5.32 Å². The molecule has 0 fully saturated rings. The number of nitrogens with one attached hydrogen (secondary N) is 1. The Kier molecular flexibility index (Phi) is 1.83. The van der Waals surface area contributed by atoms with Gasteiger partial charge in [0.1, 0.15) is 14.1 Å². The predicted octanol–water partition coefficient (Wildman–Crippen LogP) is 0.827. The van der Waals surface area contributed by atoms with Crippen molar-refractivity contribution in [3.05, 3.63) is 11.8 Å². The lowest BCUT2D eigenvalue weighted by molar-refractivity contribution is 1.09. The van der Waals surface area contributed by atoms with Crippen molar-refractivity contribution in [2.24, 2.45) is 0 Å². The Bertz CT molecular complexity index is 289. The average molecular weight is 165 g/mol. The third-order valence-corrected chi connectivity index (χ3v) is 3.37. The number of H-pyrrole nitrogens is 1. The largest absolute Gasteiger partial charge is 0.286 e. The van der Waals surface area contributed by atoms with Gasteiger partial charge in [0.2, 0.25) is 0 Å². The smallest absolute Gasteiger partial charge is 0.162 e. The third kappa shape index (κ3) is 1.68. The molecule has 58 valence electrons. The first-order valence-electron chi connectivity index (χ1n) is 3.50. The molecular weight excluding hydrogens is 154 g/mol. The number of nitrogens with zero attached hydrogens (tertiary/aromatic N) is 2. The normalized spacial score (nSPS) is 11.1. The van der Waals surface area contributed by atoms with Gasteiger partial charge in [-0.1, -0.05) is 19.6 Å². The molecule has 3 nitrogen and oxygen atoms in total. The standard InChI is InChI=1S/C7H11N3Si/c1-11(2,3)7-4-6(5-8)9-10-7/h4H,1-3H3,(H,9,10). The van der Waals surface area contributed by atoms with E-state index in [0.29, 0.717) is 5.69 Å². The van der Waals surface area contributed by atoms with Crippen LogP contribution in [0.3, 0.4) is 0 Å². The summed E-state index contributed by atoms with van der Waals surface area (Å²) in [7, 11) is -1.30. The van der Waals surface area contributed by atoms with Crippen molar-refractivity contribution < 1.29 is 0 Å². The maximum absolute atomic E-state index is 8.50. The molecule has 1 aromatic rings. The first-order valence-corrected chi connectivity index (χ1v) is 7.00. The van der Waals surface area contributed by atoms with E-state index in [-0.39, 0.29) is 0 Å². The second-order valence-corrected chi connectivity index (χ2v) is 8.57. The van der Waals surface area contributed by atoms with Crippen molar-refractivity contribution in [1.82, 2.24) is 10.2 Å². The number of nitriles is 1. The van der Waals surface area contributed by atoms with E-state index in [2.05, 4.69) is 29.8 Å². The van der Waals surface area contributed by atoms with Crippen LogP contribution in [0.25, 0.3) is 0 Å². The van der Waals surface area contributed by atoms with Crippen LogP contribution in [-0.4, -0.2) is 18.3 Å². The van der Waals surface area contributed by atoms with Gasteiger partial charge in [0, 0.05) is 5.32 Å². The van der Waals surface area contributed by atoms with Crippen LogP contribution in [0.2, 0.25) is 19.6 Å². The molecule has 0 aliphatic heterocycles. The van der Waals surface area contributed by atoms with Gasteiger partial charge in [0.15, 0.2) is 5.69 Å². The summed E-state index contributed by atoms with van der Waals surface area (Å²) < 4.78 is 0. The number of hydrogen-bond donors (Lipinski definition) is 1. The van der Waals surface area contributed by atoms with E-state index in [1.165, 1.54) is 0 Å². The summed E-state index contributed by atoms with van der Waals surface area (Å²) >= 11 is 0. The zero-order valence-corrected chi connectivity index (χ0v) is 7.97. The van der Waals surface area contributed by atoms with Crippen LogP contribution in [0.4, 0.5) is 0 Å². The van der Waals surface area contributed by atoms with Crippen LogP contribution < -0.4 is 5.32 Å². The molecule has 0 spiro atoms. The van der Waals surface area contributed by atoms with Gasteiger partial charge in [0.25, 0.3) is 0 Å². The van der Waals surface area contributed by atoms with Crippen LogP contribution in [0.15, 0.2) is 6.07 Å². The Hall–Kier alpha value is -1.08. The topological polar surface area (TPSA) is 52.5 Å². The van der Waals surface area contributed by atoms with Gasteiger partial charge < -0.3 is 0 Å². The molecule has 1 aromatic heterocycles. The fourth-order valence-electron chi connectivity index (χ4n) is 0.763. The van der Waals surface area contributed by atoms with Gasteiger partial charge in [-0.25, -0.2) is 0 Å². The van der Waals surface area contributed by atoms with E-state index in [9.17, 15) is 0 Å². The van der Waals surface area contributed by atoms with Crippen molar-refractivity contribution in [2.45, 2.75) is 19.6 Å². The molecule has 1 N–H and O–H groups in total. The molecular formula is C7H11N3Si. The van der Waals surface area contributed by atoms with E-state index in [4.69, 9.17) is 5.26 Å². The quantitative estimate of drug-likeness (QED) is 0.626. The number of rotatable bonds is 1. The van der Waals surface area contributed by atoms with Crippen LogP contribution in [0.5, 0.6) is 0 Å². The van der Waals surface area contributed by atoms with Crippen LogP contribution in [0, 0.1) is 11.3 Å². The zero-order valence-electron chi connectivity index (χ0n) is 6.97. The molecule has 11 heavy (non-hydrogen) atoms. The van der Waals surface area contributed by atoms with E-state index >= 15 is 0 Å².